The fourth-order valence-electron chi connectivity index (χ4n) is 2.75. The van der Waals surface area contributed by atoms with Gasteiger partial charge in [0.25, 0.3) is 0 Å². The van der Waals surface area contributed by atoms with Gasteiger partial charge in [0.05, 0.1) is 18.4 Å². The summed E-state index contributed by atoms with van der Waals surface area (Å²) in [5.74, 6) is -0.123. The van der Waals surface area contributed by atoms with E-state index in [4.69, 9.17) is 0 Å². The van der Waals surface area contributed by atoms with Gasteiger partial charge in [-0.05, 0) is 30.5 Å². The molecule has 0 atom stereocenters. The number of carbonyl (C=O) groups is 2. The molecule has 120 valence electrons. The molecular weight excluding hydrogens is 280 g/mol. The van der Waals surface area contributed by atoms with Crippen LogP contribution < -0.4 is 5.32 Å². The third kappa shape index (κ3) is 4.56. The predicted octanol–water partition coefficient (Wildman–Crippen LogP) is 1.95. The van der Waals surface area contributed by atoms with Crippen molar-refractivity contribution in [1.29, 1.82) is 0 Å². The summed E-state index contributed by atoms with van der Waals surface area (Å²) < 4.78 is 0. The van der Waals surface area contributed by atoms with Gasteiger partial charge in [0.2, 0.25) is 11.8 Å². The van der Waals surface area contributed by atoms with E-state index >= 15 is 0 Å². The van der Waals surface area contributed by atoms with Crippen molar-refractivity contribution in [1.82, 2.24) is 4.90 Å². The molecule has 0 aliphatic heterocycles. The Balaban J connectivity index is 1.88. The summed E-state index contributed by atoms with van der Waals surface area (Å²) in [4.78, 5) is 25.2. The second-order valence-corrected chi connectivity index (χ2v) is 6.32. The third-order valence-electron chi connectivity index (χ3n) is 4.12. The van der Waals surface area contributed by atoms with Gasteiger partial charge >= 0.3 is 0 Å². The highest BCUT2D eigenvalue weighted by Gasteiger charge is 2.33. The SMILES string of the molecule is CN(C)C(=O)Cc1ccc(NC(=O)CC2(O)CCCC2)cc1. The highest BCUT2D eigenvalue weighted by molar-refractivity contribution is 5.91. The Kier molecular flexibility index (Phi) is 5.19. The number of anilines is 1. The average Bonchev–Trinajstić information content (AvgIpc) is 2.87. The van der Waals surface area contributed by atoms with E-state index in [0.717, 1.165) is 18.4 Å². The normalized spacial score (nSPS) is 16.3. The van der Waals surface area contributed by atoms with Crippen molar-refractivity contribution in [2.24, 2.45) is 0 Å². The molecule has 0 saturated heterocycles. The van der Waals surface area contributed by atoms with Crippen LogP contribution in [0.2, 0.25) is 0 Å². The molecule has 0 radical (unpaired) electrons. The highest BCUT2D eigenvalue weighted by atomic mass is 16.3. The lowest BCUT2D eigenvalue weighted by Gasteiger charge is -2.21. The number of carbonyl (C=O) groups excluding carboxylic acids is 2. The second kappa shape index (κ2) is 6.92. The number of likely N-dealkylation sites (N-methyl/N-ethyl adjacent to an activating group) is 1. The van der Waals surface area contributed by atoms with Crippen LogP contribution in [0.25, 0.3) is 0 Å². The predicted molar refractivity (Wildman–Crippen MR) is 85.5 cm³/mol. The topological polar surface area (TPSA) is 69.6 Å². The number of hydrogen-bond acceptors (Lipinski definition) is 3. The molecule has 0 aromatic heterocycles. The van der Waals surface area contributed by atoms with E-state index in [1.54, 1.807) is 31.1 Å². The molecule has 0 spiro atoms. The Morgan fingerprint density at radius 1 is 1.18 bits per heavy atom. The molecule has 5 heteroatoms. The number of aliphatic hydroxyl groups is 1. The summed E-state index contributed by atoms with van der Waals surface area (Å²) in [6.07, 6.45) is 3.86. The molecule has 2 N–H and O–H groups in total. The summed E-state index contributed by atoms with van der Waals surface area (Å²) in [5, 5.41) is 13.0. The number of hydrogen-bond donors (Lipinski definition) is 2. The second-order valence-electron chi connectivity index (χ2n) is 6.32. The van der Waals surface area contributed by atoms with Crippen molar-refractivity contribution < 1.29 is 14.7 Å². The zero-order valence-corrected chi connectivity index (χ0v) is 13.3. The number of rotatable bonds is 5. The van der Waals surface area contributed by atoms with Crippen LogP contribution in [0.3, 0.4) is 0 Å². The third-order valence-corrected chi connectivity index (χ3v) is 4.12. The molecular formula is C17H24N2O3. The van der Waals surface area contributed by atoms with Gasteiger partial charge in [0, 0.05) is 19.8 Å². The van der Waals surface area contributed by atoms with E-state index in [1.807, 2.05) is 12.1 Å². The number of nitrogens with one attached hydrogen (secondary N) is 1. The molecule has 1 fully saturated rings. The van der Waals surface area contributed by atoms with E-state index in [2.05, 4.69) is 5.32 Å². The van der Waals surface area contributed by atoms with Gasteiger partial charge in [-0.3, -0.25) is 9.59 Å². The van der Waals surface area contributed by atoms with E-state index in [9.17, 15) is 14.7 Å². The molecule has 1 aliphatic rings. The van der Waals surface area contributed by atoms with Crippen LogP contribution in [-0.4, -0.2) is 41.5 Å². The van der Waals surface area contributed by atoms with Crippen LogP contribution in [0.15, 0.2) is 24.3 Å². The molecule has 0 heterocycles. The number of amides is 2. The van der Waals surface area contributed by atoms with Crippen molar-refractivity contribution in [3.8, 4) is 0 Å². The lowest BCUT2D eigenvalue weighted by atomic mass is 9.97. The monoisotopic (exact) mass is 304 g/mol. The van der Waals surface area contributed by atoms with Gasteiger partial charge in [-0.25, -0.2) is 0 Å². The smallest absolute Gasteiger partial charge is 0.227 e. The Morgan fingerprint density at radius 3 is 2.32 bits per heavy atom. The van der Waals surface area contributed by atoms with Crippen LogP contribution in [0.1, 0.15) is 37.7 Å². The first kappa shape index (κ1) is 16.5. The fourth-order valence-corrected chi connectivity index (χ4v) is 2.75. The Hall–Kier alpha value is -1.88. The molecule has 2 amide bonds. The van der Waals surface area contributed by atoms with Crippen molar-refractivity contribution >= 4 is 17.5 Å². The molecule has 1 aliphatic carbocycles. The lowest BCUT2D eigenvalue weighted by Crippen LogP contribution is -2.30. The van der Waals surface area contributed by atoms with Gasteiger partial charge in [0.15, 0.2) is 0 Å². The molecule has 2 rings (SSSR count). The summed E-state index contributed by atoms with van der Waals surface area (Å²) in [6, 6.07) is 7.24. The molecule has 0 unspecified atom stereocenters. The summed E-state index contributed by atoms with van der Waals surface area (Å²) in [5.41, 5.74) is 0.765. The first-order valence-corrected chi connectivity index (χ1v) is 7.69. The van der Waals surface area contributed by atoms with Gasteiger partial charge in [0.1, 0.15) is 0 Å². The van der Waals surface area contributed by atoms with E-state index in [-0.39, 0.29) is 18.2 Å². The summed E-state index contributed by atoms with van der Waals surface area (Å²) >= 11 is 0. The quantitative estimate of drug-likeness (QED) is 0.873. The maximum atomic E-state index is 12.0. The van der Waals surface area contributed by atoms with Crippen molar-refractivity contribution in [3.05, 3.63) is 29.8 Å². The molecule has 1 aromatic rings. The minimum absolute atomic E-state index is 0.0419. The Labute approximate surface area is 131 Å². The first-order chi connectivity index (χ1) is 10.4. The lowest BCUT2D eigenvalue weighted by molar-refractivity contribution is -0.128. The van der Waals surface area contributed by atoms with Crippen LogP contribution in [0.4, 0.5) is 5.69 Å². The Morgan fingerprint density at radius 2 is 1.77 bits per heavy atom. The van der Waals surface area contributed by atoms with Crippen LogP contribution >= 0.6 is 0 Å². The zero-order valence-electron chi connectivity index (χ0n) is 13.3. The molecule has 0 bridgehead atoms. The molecule has 22 heavy (non-hydrogen) atoms. The highest BCUT2D eigenvalue weighted by Crippen LogP contribution is 2.32. The zero-order chi connectivity index (χ0) is 16.2. The van der Waals surface area contributed by atoms with Crippen LogP contribution in [0, 0.1) is 0 Å². The van der Waals surface area contributed by atoms with E-state index < -0.39 is 5.60 Å². The van der Waals surface area contributed by atoms with Gasteiger partial charge in [-0.1, -0.05) is 25.0 Å². The average molecular weight is 304 g/mol. The largest absolute Gasteiger partial charge is 0.389 e. The van der Waals surface area contributed by atoms with Gasteiger partial charge in [-0.15, -0.1) is 0 Å². The molecule has 1 saturated carbocycles. The van der Waals surface area contributed by atoms with Crippen molar-refractivity contribution in [2.45, 2.75) is 44.1 Å². The summed E-state index contributed by atoms with van der Waals surface area (Å²) in [6.45, 7) is 0. The Bertz CT molecular complexity index is 531. The minimum atomic E-state index is -0.831. The summed E-state index contributed by atoms with van der Waals surface area (Å²) in [7, 11) is 3.45. The van der Waals surface area contributed by atoms with Gasteiger partial charge < -0.3 is 15.3 Å². The van der Waals surface area contributed by atoms with Crippen LogP contribution in [0.5, 0.6) is 0 Å². The number of benzene rings is 1. The fraction of sp³-hybridized carbons (Fsp3) is 0.529. The van der Waals surface area contributed by atoms with E-state index in [1.165, 1.54) is 0 Å². The molecule has 1 aromatic carbocycles. The maximum absolute atomic E-state index is 12.0. The minimum Gasteiger partial charge on any atom is -0.389 e. The van der Waals surface area contributed by atoms with Crippen LogP contribution in [-0.2, 0) is 16.0 Å². The first-order valence-electron chi connectivity index (χ1n) is 7.69. The maximum Gasteiger partial charge on any atom is 0.227 e. The van der Waals surface area contributed by atoms with Gasteiger partial charge in [-0.2, -0.15) is 0 Å². The number of nitrogens with zero attached hydrogens (tertiary/aromatic N) is 1. The van der Waals surface area contributed by atoms with Crippen molar-refractivity contribution in [3.63, 3.8) is 0 Å². The molecule has 5 nitrogen and oxygen atoms in total. The van der Waals surface area contributed by atoms with Crippen molar-refractivity contribution in [2.75, 3.05) is 19.4 Å². The standard InChI is InChI=1S/C17H24N2O3/c1-19(2)16(21)11-13-5-7-14(8-6-13)18-15(20)12-17(22)9-3-4-10-17/h5-8,22H,3-4,9-12H2,1-2H3,(H,18,20). The van der Waals surface area contributed by atoms with E-state index in [0.29, 0.717) is 24.9 Å².